The molecule has 282 valence electrons. The molecule has 49 heavy (non-hydrogen) atoms. The molecular weight excluding hydrogens is 659 g/mol. The molecule has 1 rings (SSSR count). The predicted molar refractivity (Wildman–Crippen MR) is 184 cm³/mol. The summed E-state index contributed by atoms with van der Waals surface area (Å²) in [5.41, 5.74) is 0. The molecule has 13 nitrogen and oxygen atoms in total. The number of esters is 2. The van der Waals surface area contributed by atoms with Crippen LogP contribution in [0.25, 0.3) is 0 Å². The van der Waals surface area contributed by atoms with E-state index in [0.717, 1.165) is 64.2 Å². The number of allylic oxidation sites excluding steroid dienone is 8. The molecule has 0 aromatic rings. The molecule has 0 bridgehead atoms. The summed E-state index contributed by atoms with van der Waals surface area (Å²) in [5.74, 6) is -1.20. The van der Waals surface area contributed by atoms with E-state index in [-0.39, 0.29) is 12.8 Å². The van der Waals surface area contributed by atoms with Crippen molar-refractivity contribution in [3.63, 3.8) is 0 Å². The second-order valence-corrected chi connectivity index (χ2v) is 13.5. The van der Waals surface area contributed by atoms with Crippen molar-refractivity contribution >= 4 is 19.8 Å². The molecule has 14 heteroatoms. The maximum Gasteiger partial charge on any atom is 0.472 e. The number of carbonyl (C=O) groups excluding carboxylic acids is 2. The van der Waals surface area contributed by atoms with E-state index in [9.17, 15) is 44.6 Å². The number of hydrogen-bond donors (Lipinski definition) is 6. The molecule has 0 radical (unpaired) electrons. The van der Waals surface area contributed by atoms with Crippen LogP contribution in [0.5, 0.6) is 0 Å². The highest BCUT2D eigenvalue weighted by atomic mass is 31.2. The summed E-state index contributed by atoms with van der Waals surface area (Å²) in [7, 11) is -5.11. The molecule has 6 N–H and O–H groups in total. The molecule has 0 aliphatic heterocycles. The lowest BCUT2D eigenvalue weighted by atomic mass is 9.85. The standard InChI is InChI=1S/C35H59O13P/c1-3-5-7-9-11-12-13-14-15-16-18-20-22-24-29(37)47-27(25-45-28(36)23-21-19-17-10-8-6-4-2)26-46-49(43,44)48-35-33(41)31(39)30(38)32(40)34(35)42/h5,7,9,11-13,17,19,27,30-35,38-42H,3-4,6,8,10,14-16,18,20-26H2,1-2H3,(H,43,44)/b7-5+,11-9+,13-12+,19-17+/t27?,30?,31-,32?,33?,34?,35?/m1/s1. The van der Waals surface area contributed by atoms with Crippen molar-refractivity contribution in [2.24, 2.45) is 0 Å². The summed E-state index contributed by atoms with van der Waals surface area (Å²) in [5, 5.41) is 49.7. The topological polar surface area (TPSA) is 210 Å². The van der Waals surface area contributed by atoms with Crippen LogP contribution >= 0.6 is 7.82 Å². The van der Waals surface area contributed by atoms with E-state index in [2.05, 4.69) is 26.0 Å². The van der Waals surface area contributed by atoms with E-state index in [1.165, 1.54) is 0 Å². The summed E-state index contributed by atoms with van der Waals surface area (Å²) in [6.45, 7) is 2.97. The molecule has 0 aromatic heterocycles. The highest BCUT2D eigenvalue weighted by Gasteiger charge is 2.51. The average molecular weight is 719 g/mol. The Kier molecular flexibility index (Phi) is 24.3. The van der Waals surface area contributed by atoms with E-state index in [1.807, 2.05) is 36.5 Å². The van der Waals surface area contributed by atoms with Gasteiger partial charge in [0, 0.05) is 12.8 Å². The summed E-state index contributed by atoms with van der Waals surface area (Å²) < 4.78 is 33.0. The second-order valence-electron chi connectivity index (χ2n) is 12.0. The van der Waals surface area contributed by atoms with Gasteiger partial charge in [-0.05, 0) is 44.9 Å². The third kappa shape index (κ3) is 20.3. The SMILES string of the molecule is CC/C=C/C=C/C=C/CCCCCCCC(=O)OC(COC(=O)CC/C=C/CCCCC)COP(=O)(O)OC1C(O)C(O)C(O)[C@@H](O)C1O. The van der Waals surface area contributed by atoms with Gasteiger partial charge in [0.05, 0.1) is 6.61 Å². The lowest BCUT2D eigenvalue weighted by Crippen LogP contribution is -2.64. The summed E-state index contributed by atoms with van der Waals surface area (Å²) in [6, 6.07) is 0. The highest BCUT2D eigenvalue weighted by molar-refractivity contribution is 7.47. The van der Waals surface area contributed by atoms with E-state index >= 15 is 0 Å². The van der Waals surface area contributed by atoms with Crippen LogP contribution in [0.1, 0.15) is 104 Å². The Morgan fingerprint density at radius 1 is 0.653 bits per heavy atom. The Hall–Kier alpha value is -2.19. The fraction of sp³-hybridized carbons (Fsp3) is 0.714. The van der Waals surface area contributed by atoms with Gasteiger partial charge in [-0.25, -0.2) is 4.57 Å². The van der Waals surface area contributed by atoms with Crippen LogP contribution in [0, 0.1) is 0 Å². The summed E-state index contributed by atoms with van der Waals surface area (Å²) in [6.07, 6.45) is 13.9. The summed E-state index contributed by atoms with van der Waals surface area (Å²) >= 11 is 0. The van der Waals surface area contributed by atoms with Gasteiger partial charge in [0.1, 0.15) is 43.2 Å². The van der Waals surface area contributed by atoms with Crippen molar-refractivity contribution in [3.05, 3.63) is 48.6 Å². The van der Waals surface area contributed by atoms with E-state index in [0.29, 0.717) is 12.8 Å². The van der Waals surface area contributed by atoms with Crippen molar-refractivity contribution in [2.45, 2.75) is 146 Å². The van der Waals surface area contributed by atoms with Gasteiger partial charge >= 0.3 is 19.8 Å². The van der Waals surface area contributed by atoms with Gasteiger partial charge in [-0.1, -0.05) is 94.6 Å². The lowest BCUT2D eigenvalue weighted by Gasteiger charge is -2.41. The smallest absolute Gasteiger partial charge is 0.462 e. The largest absolute Gasteiger partial charge is 0.472 e. The number of phosphoric acid groups is 1. The molecule has 0 amide bonds. The lowest BCUT2D eigenvalue weighted by molar-refractivity contribution is -0.220. The first kappa shape index (κ1) is 44.8. The van der Waals surface area contributed by atoms with Crippen LogP contribution in [0.4, 0.5) is 0 Å². The third-order valence-corrected chi connectivity index (χ3v) is 8.71. The minimum absolute atomic E-state index is 0.0646. The minimum atomic E-state index is -5.11. The first-order valence-electron chi connectivity index (χ1n) is 17.5. The second kappa shape index (κ2) is 26.6. The zero-order valence-corrected chi connectivity index (χ0v) is 29.9. The number of unbranched alkanes of at least 4 members (excludes halogenated alkanes) is 8. The molecule has 7 unspecified atom stereocenters. The van der Waals surface area contributed by atoms with Crippen LogP contribution in [-0.4, -0.2) is 98.3 Å². The molecule has 0 spiro atoms. The number of hydrogen-bond acceptors (Lipinski definition) is 12. The average Bonchev–Trinajstić information content (AvgIpc) is 3.07. The quantitative estimate of drug-likeness (QED) is 0.0240. The molecule has 0 saturated heterocycles. The number of phosphoric ester groups is 1. The van der Waals surface area contributed by atoms with Gasteiger partial charge in [0.25, 0.3) is 0 Å². The fourth-order valence-corrected chi connectivity index (χ4v) is 5.80. The Bertz CT molecular complexity index is 1060. The zero-order chi connectivity index (χ0) is 36.5. The van der Waals surface area contributed by atoms with Crippen molar-refractivity contribution in [1.82, 2.24) is 0 Å². The van der Waals surface area contributed by atoms with Gasteiger partial charge in [0.15, 0.2) is 6.10 Å². The van der Waals surface area contributed by atoms with Gasteiger partial charge in [0.2, 0.25) is 0 Å². The minimum Gasteiger partial charge on any atom is -0.462 e. The van der Waals surface area contributed by atoms with E-state index in [4.69, 9.17) is 18.5 Å². The molecule has 0 aromatic carbocycles. The highest BCUT2D eigenvalue weighted by Crippen LogP contribution is 2.47. The van der Waals surface area contributed by atoms with Crippen molar-refractivity contribution in [2.75, 3.05) is 13.2 Å². The molecular formula is C35H59O13P. The molecule has 1 aliphatic carbocycles. The first-order chi connectivity index (χ1) is 23.4. The first-order valence-corrected chi connectivity index (χ1v) is 19.0. The zero-order valence-electron chi connectivity index (χ0n) is 29.0. The number of carbonyl (C=O) groups is 2. The Labute approximate surface area is 290 Å². The molecule has 0 heterocycles. The van der Waals surface area contributed by atoms with Gasteiger partial charge in [-0.3, -0.25) is 18.6 Å². The summed E-state index contributed by atoms with van der Waals surface area (Å²) in [4.78, 5) is 35.1. The van der Waals surface area contributed by atoms with Crippen LogP contribution in [0.3, 0.4) is 0 Å². The number of rotatable bonds is 26. The van der Waals surface area contributed by atoms with Gasteiger partial charge in [-0.2, -0.15) is 0 Å². The Morgan fingerprint density at radius 2 is 1.22 bits per heavy atom. The van der Waals surface area contributed by atoms with Gasteiger partial charge in [-0.15, -0.1) is 0 Å². The van der Waals surface area contributed by atoms with Crippen LogP contribution in [-0.2, 0) is 32.7 Å². The van der Waals surface area contributed by atoms with E-state index in [1.54, 1.807) is 0 Å². The number of aliphatic hydroxyl groups excluding tert-OH is 5. The molecule has 1 saturated carbocycles. The number of ether oxygens (including phenoxy) is 2. The third-order valence-electron chi connectivity index (χ3n) is 7.73. The normalized spacial score (nSPS) is 25.0. The maximum absolute atomic E-state index is 12.7. The maximum atomic E-state index is 12.7. The van der Waals surface area contributed by atoms with E-state index < -0.39 is 75.7 Å². The molecule has 1 fully saturated rings. The monoisotopic (exact) mass is 718 g/mol. The Morgan fingerprint density at radius 3 is 1.90 bits per heavy atom. The fourth-order valence-electron chi connectivity index (χ4n) is 4.83. The van der Waals surface area contributed by atoms with Gasteiger partial charge < -0.3 is 39.9 Å². The molecule has 1 aliphatic rings. The predicted octanol–water partition coefficient (Wildman–Crippen LogP) is 4.49. The van der Waals surface area contributed by atoms with Crippen molar-refractivity contribution < 1.29 is 63.1 Å². The van der Waals surface area contributed by atoms with Crippen LogP contribution in [0.2, 0.25) is 0 Å². The molecule has 8 atom stereocenters. The van der Waals surface area contributed by atoms with Crippen molar-refractivity contribution in [3.8, 4) is 0 Å². The Balaban J connectivity index is 2.62. The van der Waals surface area contributed by atoms with Crippen molar-refractivity contribution in [1.29, 1.82) is 0 Å². The van der Waals surface area contributed by atoms with Crippen LogP contribution < -0.4 is 0 Å². The van der Waals surface area contributed by atoms with Crippen LogP contribution in [0.15, 0.2) is 48.6 Å². The number of aliphatic hydroxyl groups is 5.